The van der Waals surface area contributed by atoms with Crippen LogP contribution in [0, 0.1) is 0 Å². The third kappa shape index (κ3) is 4.60. The Morgan fingerprint density at radius 1 is 1.06 bits per heavy atom. The summed E-state index contributed by atoms with van der Waals surface area (Å²) in [6.45, 7) is 2.52. The van der Waals surface area contributed by atoms with Gasteiger partial charge in [-0.2, -0.15) is 0 Å². The van der Waals surface area contributed by atoms with Crippen LogP contribution in [0.3, 0.4) is 0 Å². The van der Waals surface area contributed by atoms with Gasteiger partial charge in [-0.15, -0.1) is 0 Å². The predicted molar refractivity (Wildman–Crippen MR) is 140 cm³/mol. The Hall–Kier alpha value is -3.45. The molecule has 0 spiro atoms. The van der Waals surface area contributed by atoms with Gasteiger partial charge in [-0.1, -0.05) is 43.3 Å². The predicted octanol–water partition coefficient (Wildman–Crippen LogP) is 5.10. The Bertz CT molecular complexity index is 1530. The molecule has 7 heteroatoms. The van der Waals surface area contributed by atoms with E-state index in [4.69, 9.17) is 9.72 Å². The molecule has 4 aromatic rings. The van der Waals surface area contributed by atoms with Gasteiger partial charge in [0.2, 0.25) is 0 Å². The monoisotopic (exact) mass is 488 g/mol. The second kappa shape index (κ2) is 9.30. The molecule has 1 amide bonds. The normalized spacial score (nSPS) is 17.0. The number of methoxy groups -OCH3 is 1. The van der Waals surface area contributed by atoms with Gasteiger partial charge in [-0.3, -0.25) is 4.79 Å². The third-order valence-electron chi connectivity index (χ3n) is 6.66. The number of aromatic nitrogens is 1. The fraction of sp³-hybridized carbons (Fsp3) is 0.286. The maximum absolute atomic E-state index is 13.9. The first-order valence-corrected chi connectivity index (χ1v) is 13.7. The van der Waals surface area contributed by atoms with E-state index < -0.39 is 9.84 Å². The number of carbonyl (C=O) groups is 1. The topological polar surface area (TPSA) is 76.6 Å². The number of benzene rings is 3. The zero-order valence-corrected chi connectivity index (χ0v) is 20.7. The summed E-state index contributed by atoms with van der Waals surface area (Å²) in [5, 5.41) is 2.88. The number of hydrogen-bond donors (Lipinski definition) is 0. The molecule has 1 aromatic heterocycles. The fourth-order valence-corrected chi connectivity index (χ4v) is 6.61. The molecular formula is C28H28N2O4S. The minimum atomic E-state index is -3.11. The van der Waals surface area contributed by atoms with E-state index in [9.17, 15) is 13.2 Å². The van der Waals surface area contributed by atoms with Crippen LogP contribution >= 0.6 is 0 Å². The van der Waals surface area contributed by atoms with Crippen LogP contribution in [0.25, 0.3) is 32.9 Å². The van der Waals surface area contributed by atoms with Crippen LogP contribution in [-0.4, -0.2) is 55.4 Å². The van der Waals surface area contributed by atoms with E-state index in [0.29, 0.717) is 24.2 Å². The van der Waals surface area contributed by atoms with Gasteiger partial charge in [0.25, 0.3) is 5.91 Å². The Kier molecular flexibility index (Phi) is 6.19. The molecule has 0 bridgehead atoms. The van der Waals surface area contributed by atoms with Crippen molar-refractivity contribution in [2.24, 2.45) is 0 Å². The minimum Gasteiger partial charge on any atom is -0.497 e. The Morgan fingerprint density at radius 3 is 2.57 bits per heavy atom. The summed E-state index contributed by atoms with van der Waals surface area (Å²) in [5.41, 5.74) is 2.91. The highest BCUT2D eigenvalue weighted by Gasteiger charge is 2.35. The maximum atomic E-state index is 13.9. The first kappa shape index (κ1) is 23.3. The molecule has 35 heavy (non-hydrogen) atoms. The number of nitrogens with zero attached hydrogens (tertiary/aromatic N) is 2. The highest BCUT2D eigenvalue weighted by molar-refractivity contribution is 7.91. The van der Waals surface area contributed by atoms with Crippen LogP contribution in [-0.2, 0) is 9.84 Å². The summed E-state index contributed by atoms with van der Waals surface area (Å²) in [6, 6.07) is 21.2. The summed E-state index contributed by atoms with van der Waals surface area (Å²) in [4.78, 5) is 20.5. The molecule has 1 aliphatic rings. The summed E-state index contributed by atoms with van der Waals surface area (Å²) in [7, 11) is -1.46. The van der Waals surface area contributed by atoms with Crippen LogP contribution in [0.2, 0.25) is 0 Å². The lowest BCUT2D eigenvalue weighted by Gasteiger charge is -2.28. The van der Waals surface area contributed by atoms with E-state index in [1.807, 2.05) is 67.6 Å². The first-order valence-electron chi connectivity index (χ1n) is 11.9. The molecule has 2 heterocycles. The minimum absolute atomic E-state index is 0.0305. The SMILES string of the molecule is CCCN(C(=O)c1cc(-c2ccc3cc(OC)ccc3c2)nc2ccccc12)C1CCS(=O)(=O)C1. The van der Waals surface area contributed by atoms with Crippen molar-refractivity contribution in [1.82, 2.24) is 9.88 Å². The lowest BCUT2D eigenvalue weighted by molar-refractivity contribution is 0.0699. The number of pyridine rings is 1. The van der Waals surface area contributed by atoms with E-state index in [1.165, 1.54) is 0 Å². The van der Waals surface area contributed by atoms with Gasteiger partial charge in [0.1, 0.15) is 5.75 Å². The van der Waals surface area contributed by atoms with Gasteiger partial charge in [-0.25, -0.2) is 13.4 Å². The maximum Gasteiger partial charge on any atom is 0.254 e. The largest absolute Gasteiger partial charge is 0.497 e. The van der Waals surface area contributed by atoms with Gasteiger partial charge in [0.15, 0.2) is 9.84 Å². The third-order valence-corrected chi connectivity index (χ3v) is 8.41. The van der Waals surface area contributed by atoms with Crippen LogP contribution in [0.15, 0.2) is 66.7 Å². The summed E-state index contributed by atoms with van der Waals surface area (Å²) in [5.74, 6) is 0.823. The van der Waals surface area contributed by atoms with Crippen molar-refractivity contribution in [3.63, 3.8) is 0 Å². The van der Waals surface area contributed by atoms with Gasteiger partial charge >= 0.3 is 0 Å². The van der Waals surface area contributed by atoms with Crippen LogP contribution < -0.4 is 4.74 Å². The molecule has 1 atom stereocenters. The number of fused-ring (bicyclic) bond motifs is 2. The van der Waals surface area contributed by atoms with Crippen molar-refractivity contribution in [3.8, 4) is 17.0 Å². The molecule has 0 N–H and O–H groups in total. The quantitative estimate of drug-likeness (QED) is 0.377. The van der Waals surface area contributed by atoms with Crippen molar-refractivity contribution in [2.45, 2.75) is 25.8 Å². The zero-order chi connectivity index (χ0) is 24.6. The molecule has 1 fully saturated rings. The second-order valence-corrected chi connectivity index (χ2v) is 11.3. The summed E-state index contributed by atoms with van der Waals surface area (Å²) < 4.78 is 29.6. The van der Waals surface area contributed by atoms with E-state index in [1.54, 1.807) is 12.0 Å². The van der Waals surface area contributed by atoms with Gasteiger partial charge in [0.05, 0.1) is 35.4 Å². The average molecular weight is 489 g/mol. The van der Waals surface area contributed by atoms with Crippen LogP contribution in [0.5, 0.6) is 5.75 Å². The molecule has 1 unspecified atom stereocenters. The number of sulfone groups is 1. The van der Waals surface area contributed by atoms with E-state index >= 15 is 0 Å². The Morgan fingerprint density at radius 2 is 1.83 bits per heavy atom. The van der Waals surface area contributed by atoms with Gasteiger partial charge in [-0.05, 0) is 53.9 Å². The lowest BCUT2D eigenvalue weighted by atomic mass is 10.00. The molecule has 3 aromatic carbocycles. The van der Waals surface area contributed by atoms with E-state index in [0.717, 1.165) is 39.4 Å². The summed E-state index contributed by atoms with van der Waals surface area (Å²) >= 11 is 0. The van der Waals surface area contributed by atoms with Crippen molar-refractivity contribution in [3.05, 3.63) is 72.3 Å². The molecule has 0 saturated carbocycles. The number of ether oxygens (including phenoxy) is 1. The molecule has 5 rings (SSSR count). The smallest absolute Gasteiger partial charge is 0.254 e. The van der Waals surface area contributed by atoms with Crippen molar-refractivity contribution < 1.29 is 17.9 Å². The number of para-hydroxylation sites is 1. The van der Waals surface area contributed by atoms with Crippen LogP contribution in [0.1, 0.15) is 30.1 Å². The molecule has 0 aliphatic carbocycles. The van der Waals surface area contributed by atoms with Gasteiger partial charge < -0.3 is 9.64 Å². The lowest BCUT2D eigenvalue weighted by Crippen LogP contribution is -2.41. The highest BCUT2D eigenvalue weighted by Crippen LogP contribution is 2.30. The molecule has 1 aliphatic heterocycles. The molecular weight excluding hydrogens is 460 g/mol. The second-order valence-electron chi connectivity index (χ2n) is 9.06. The number of amides is 1. The standard InChI is InChI=1S/C28H28N2O4S/c1-3-13-30(22-12-14-35(32,33)18-22)28(31)25-17-27(29-26-7-5-4-6-24(25)26)21-9-8-20-16-23(34-2)11-10-19(20)15-21/h4-11,15-17,22H,3,12-14,18H2,1-2H3. The highest BCUT2D eigenvalue weighted by atomic mass is 32.2. The molecule has 180 valence electrons. The molecule has 6 nitrogen and oxygen atoms in total. The van der Waals surface area contributed by atoms with Crippen LogP contribution in [0.4, 0.5) is 0 Å². The van der Waals surface area contributed by atoms with Crippen molar-refractivity contribution >= 4 is 37.4 Å². The van der Waals surface area contributed by atoms with E-state index in [-0.39, 0.29) is 23.5 Å². The Balaban J connectivity index is 1.60. The van der Waals surface area contributed by atoms with Crippen molar-refractivity contribution in [2.75, 3.05) is 25.2 Å². The number of rotatable bonds is 6. The summed E-state index contributed by atoms with van der Waals surface area (Å²) in [6.07, 6.45) is 1.24. The number of hydrogen-bond acceptors (Lipinski definition) is 5. The zero-order valence-electron chi connectivity index (χ0n) is 19.9. The van der Waals surface area contributed by atoms with E-state index in [2.05, 4.69) is 6.07 Å². The van der Waals surface area contributed by atoms with Crippen molar-refractivity contribution in [1.29, 1.82) is 0 Å². The molecule has 1 saturated heterocycles. The Labute approximate surface area is 205 Å². The average Bonchev–Trinajstić information content (AvgIpc) is 3.24. The fourth-order valence-electron chi connectivity index (χ4n) is 4.88. The number of carbonyl (C=O) groups excluding carboxylic acids is 1. The van der Waals surface area contributed by atoms with Gasteiger partial charge in [0, 0.05) is 23.5 Å². The first-order chi connectivity index (χ1) is 16.9. The molecule has 0 radical (unpaired) electrons.